The zero-order valence-corrected chi connectivity index (χ0v) is 14.4. The highest BCUT2D eigenvalue weighted by atomic mass is 32.1. The monoisotopic (exact) mass is 353 g/mol. The van der Waals surface area contributed by atoms with Crippen molar-refractivity contribution in [3.8, 4) is 11.8 Å². The Kier molecular flexibility index (Phi) is 7.29. The van der Waals surface area contributed by atoms with Crippen LogP contribution in [0.3, 0.4) is 0 Å². The molecule has 5 nitrogen and oxygen atoms in total. The fourth-order valence-electron chi connectivity index (χ4n) is 1.98. The second-order valence-corrected chi connectivity index (χ2v) is 5.55. The molecule has 128 valence electrons. The van der Waals surface area contributed by atoms with Gasteiger partial charge in [-0.05, 0) is 36.0 Å². The number of rotatable bonds is 5. The van der Waals surface area contributed by atoms with Crippen molar-refractivity contribution in [2.75, 3.05) is 11.9 Å². The van der Waals surface area contributed by atoms with E-state index in [9.17, 15) is 4.79 Å². The number of ether oxygens (including phenoxy) is 1. The fourth-order valence-corrected chi connectivity index (χ4v) is 2.10. The van der Waals surface area contributed by atoms with Crippen LogP contribution in [0, 0.1) is 11.8 Å². The molecule has 0 saturated carbocycles. The second kappa shape index (κ2) is 9.96. The van der Waals surface area contributed by atoms with E-state index in [4.69, 9.17) is 22.7 Å². The quantitative estimate of drug-likeness (QED) is 0.438. The van der Waals surface area contributed by atoms with Gasteiger partial charge in [0.25, 0.3) is 0 Å². The molecule has 0 spiro atoms. The number of anilines is 1. The van der Waals surface area contributed by atoms with Crippen LogP contribution in [0.15, 0.2) is 54.6 Å². The fraction of sp³-hybridized carbons (Fsp3) is 0.158. The molecule has 0 aliphatic rings. The minimum Gasteiger partial charge on any atom is -0.445 e. The maximum atomic E-state index is 11.6. The molecule has 0 unspecified atom stereocenters. The summed E-state index contributed by atoms with van der Waals surface area (Å²) in [7, 11) is 0. The van der Waals surface area contributed by atoms with Crippen LogP contribution in [0.4, 0.5) is 10.5 Å². The summed E-state index contributed by atoms with van der Waals surface area (Å²) in [5.41, 5.74) is 8.02. The van der Waals surface area contributed by atoms with Crippen molar-refractivity contribution in [3.63, 3.8) is 0 Å². The summed E-state index contributed by atoms with van der Waals surface area (Å²) < 4.78 is 5.12. The lowest BCUT2D eigenvalue weighted by Crippen LogP contribution is -2.24. The first-order valence-electron chi connectivity index (χ1n) is 7.73. The minimum atomic E-state index is -0.451. The predicted octanol–water partition coefficient (Wildman–Crippen LogP) is 3.01. The molecule has 2 rings (SSSR count). The van der Waals surface area contributed by atoms with Crippen LogP contribution in [0.5, 0.6) is 0 Å². The predicted molar refractivity (Wildman–Crippen MR) is 103 cm³/mol. The Morgan fingerprint density at radius 3 is 2.72 bits per heavy atom. The first kappa shape index (κ1) is 18.3. The van der Waals surface area contributed by atoms with Crippen LogP contribution in [0.1, 0.15) is 17.5 Å². The number of hydrogen-bond donors (Lipinski definition) is 3. The molecule has 0 bridgehead atoms. The van der Waals surface area contributed by atoms with Crippen LogP contribution in [0.25, 0.3) is 0 Å². The number of hydrogen-bond acceptors (Lipinski definition) is 3. The molecular formula is C19H19N3O2S. The molecule has 0 fully saturated rings. The maximum absolute atomic E-state index is 11.6. The summed E-state index contributed by atoms with van der Waals surface area (Å²) in [6.45, 7) is 0.673. The highest BCUT2D eigenvalue weighted by molar-refractivity contribution is 7.80. The third-order valence-electron chi connectivity index (χ3n) is 3.09. The van der Waals surface area contributed by atoms with Crippen LogP contribution >= 0.6 is 12.2 Å². The summed E-state index contributed by atoms with van der Waals surface area (Å²) in [4.78, 5) is 11.6. The minimum absolute atomic E-state index is 0.211. The van der Waals surface area contributed by atoms with Crippen molar-refractivity contribution < 1.29 is 9.53 Å². The largest absolute Gasteiger partial charge is 0.445 e. The number of benzene rings is 2. The Balaban J connectivity index is 1.70. The van der Waals surface area contributed by atoms with E-state index >= 15 is 0 Å². The molecule has 0 radical (unpaired) electrons. The Hall–Kier alpha value is -3.04. The van der Waals surface area contributed by atoms with Gasteiger partial charge < -0.3 is 21.1 Å². The first-order chi connectivity index (χ1) is 12.1. The molecule has 2 aromatic rings. The standard InChI is InChI=1S/C19H19N3O2S/c20-18(25)22-17-11-6-10-15(13-17)7-4-5-12-21-19(23)24-14-16-8-2-1-3-9-16/h1-3,6,8-11,13H,5,12,14H2,(H,21,23)(H3,20,22,25). The maximum Gasteiger partial charge on any atom is 0.407 e. The summed E-state index contributed by atoms with van der Waals surface area (Å²) in [5.74, 6) is 6.02. The number of nitrogens with two attached hydrogens (primary N) is 1. The molecule has 1 amide bonds. The van der Waals surface area contributed by atoms with E-state index in [1.165, 1.54) is 0 Å². The summed E-state index contributed by atoms with van der Waals surface area (Å²) in [6, 6.07) is 17.0. The number of alkyl carbamates (subject to hydrolysis) is 1. The van der Waals surface area contributed by atoms with Crippen molar-refractivity contribution in [3.05, 3.63) is 65.7 Å². The van der Waals surface area contributed by atoms with Crippen molar-refractivity contribution >= 4 is 29.1 Å². The molecule has 0 heterocycles. The summed E-state index contributed by atoms with van der Waals surface area (Å²) >= 11 is 4.80. The molecule has 2 aromatic carbocycles. The number of nitrogens with one attached hydrogen (secondary N) is 2. The van der Waals surface area contributed by atoms with Crippen LogP contribution in [0.2, 0.25) is 0 Å². The van der Waals surface area contributed by atoms with Gasteiger partial charge in [0.2, 0.25) is 0 Å². The first-order valence-corrected chi connectivity index (χ1v) is 8.14. The Morgan fingerprint density at radius 2 is 1.96 bits per heavy atom. The molecular weight excluding hydrogens is 334 g/mol. The van der Waals surface area contributed by atoms with E-state index in [-0.39, 0.29) is 11.7 Å². The topological polar surface area (TPSA) is 76.4 Å². The SMILES string of the molecule is NC(=S)Nc1cccc(C#CCCNC(=O)OCc2ccccc2)c1. The van der Waals surface area contributed by atoms with Gasteiger partial charge in [-0.1, -0.05) is 48.2 Å². The number of carbonyl (C=O) groups excluding carboxylic acids is 1. The molecule has 6 heteroatoms. The summed E-state index contributed by atoms with van der Waals surface area (Å²) in [6.07, 6.45) is 0.0706. The average molecular weight is 353 g/mol. The number of carbonyl (C=O) groups is 1. The van der Waals surface area contributed by atoms with E-state index in [1.807, 2.05) is 54.6 Å². The average Bonchev–Trinajstić information content (AvgIpc) is 2.60. The number of amides is 1. The lowest BCUT2D eigenvalue weighted by Gasteiger charge is -2.05. The molecule has 0 aliphatic carbocycles. The van der Waals surface area contributed by atoms with Crippen LogP contribution in [-0.2, 0) is 11.3 Å². The molecule has 0 atom stereocenters. The van der Waals surface area contributed by atoms with Gasteiger partial charge in [0, 0.05) is 24.2 Å². The third-order valence-corrected chi connectivity index (χ3v) is 3.20. The summed E-state index contributed by atoms with van der Waals surface area (Å²) in [5, 5.41) is 5.74. The van der Waals surface area contributed by atoms with E-state index in [2.05, 4.69) is 22.5 Å². The molecule has 25 heavy (non-hydrogen) atoms. The highest BCUT2D eigenvalue weighted by Crippen LogP contribution is 2.09. The molecule has 0 saturated heterocycles. The van der Waals surface area contributed by atoms with E-state index in [1.54, 1.807) is 0 Å². The van der Waals surface area contributed by atoms with Crippen molar-refractivity contribution in [1.82, 2.24) is 5.32 Å². The Bertz CT molecular complexity index is 782. The molecule has 0 aliphatic heterocycles. The van der Waals surface area contributed by atoms with Gasteiger partial charge in [-0.3, -0.25) is 0 Å². The zero-order valence-electron chi connectivity index (χ0n) is 13.6. The Labute approximate surface area is 152 Å². The van der Waals surface area contributed by atoms with Crippen molar-refractivity contribution in [2.45, 2.75) is 13.0 Å². The highest BCUT2D eigenvalue weighted by Gasteiger charge is 2.00. The van der Waals surface area contributed by atoms with Gasteiger partial charge in [0.05, 0.1) is 0 Å². The smallest absolute Gasteiger partial charge is 0.407 e. The second-order valence-electron chi connectivity index (χ2n) is 5.11. The van der Waals surface area contributed by atoms with Gasteiger partial charge in [-0.25, -0.2) is 4.79 Å². The Morgan fingerprint density at radius 1 is 1.16 bits per heavy atom. The third kappa shape index (κ3) is 7.38. The molecule has 4 N–H and O–H groups in total. The van der Waals surface area contributed by atoms with Gasteiger partial charge >= 0.3 is 6.09 Å². The van der Waals surface area contributed by atoms with Crippen LogP contribution < -0.4 is 16.4 Å². The van der Waals surface area contributed by atoms with Gasteiger partial charge in [0.1, 0.15) is 6.61 Å². The molecule has 0 aromatic heterocycles. The van der Waals surface area contributed by atoms with Crippen molar-refractivity contribution in [1.29, 1.82) is 0 Å². The van der Waals surface area contributed by atoms with E-state index in [0.717, 1.165) is 16.8 Å². The van der Waals surface area contributed by atoms with Crippen molar-refractivity contribution in [2.24, 2.45) is 5.73 Å². The van der Waals surface area contributed by atoms with Gasteiger partial charge in [0.15, 0.2) is 5.11 Å². The number of thiocarbonyl (C=S) groups is 1. The lowest BCUT2D eigenvalue weighted by molar-refractivity contribution is 0.140. The van der Waals surface area contributed by atoms with Crippen LogP contribution in [-0.4, -0.2) is 17.8 Å². The lowest BCUT2D eigenvalue weighted by atomic mass is 10.2. The van der Waals surface area contributed by atoms with Gasteiger partial charge in [-0.15, -0.1) is 0 Å². The van der Waals surface area contributed by atoms with Gasteiger partial charge in [-0.2, -0.15) is 0 Å². The normalized spacial score (nSPS) is 9.44. The zero-order chi connectivity index (χ0) is 17.9. The van der Waals surface area contributed by atoms with E-state index < -0.39 is 6.09 Å². The van der Waals surface area contributed by atoms with E-state index in [0.29, 0.717) is 13.0 Å².